The van der Waals surface area contributed by atoms with Crippen molar-refractivity contribution in [2.75, 3.05) is 45.8 Å². The third-order valence-corrected chi connectivity index (χ3v) is 9.23. The van der Waals surface area contributed by atoms with Crippen molar-refractivity contribution in [2.45, 2.75) is 44.2 Å². The van der Waals surface area contributed by atoms with Gasteiger partial charge in [-0.15, -0.1) is 0 Å². The van der Waals surface area contributed by atoms with Gasteiger partial charge in [-0.1, -0.05) is 43.6 Å². The standard InChI is InChI=1S/C32H40ClN3O8S/c1-7-17-34-32(38)26(8-2)35(20-22-11-9-10-12-25(22)33)31(37)21-36(27-18-23(41-3)13-15-28(27)42-4)45(39,40)24-14-16-29(43-5)30(19-24)44-6/h9-16,18-19,26H,7-8,17,20-21H2,1-6H3,(H,34,38)/t26-/m1/s1. The molecule has 11 nitrogen and oxygen atoms in total. The van der Waals surface area contributed by atoms with Crippen molar-refractivity contribution in [3.8, 4) is 23.0 Å². The number of benzene rings is 3. The van der Waals surface area contributed by atoms with Crippen LogP contribution < -0.4 is 28.6 Å². The fraction of sp³-hybridized carbons (Fsp3) is 0.375. The number of halogens is 1. The third kappa shape index (κ3) is 8.31. The molecular weight excluding hydrogens is 622 g/mol. The van der Waals surface area contributed by atoms with E-state index in [1.54, 1.807) is 43.3 Å². The van der Waals surface area contributed by atoms with Crippen molar-refractivity contribution in [1.82, 2.24) is 10.2 Å². The van der Waals surface area contributed by atoms with E-state index >= 15 is 0 Å². The van der Waals surface area contributed by atoms with Gasteiger partial charge in [0.05, 0.1) is 39.0 Å². The van der Waals surface area contributed by atoms with Gasteiger partial charge in [0.25, 0.3) is 10.0 Å². The molecule has 13 heteroatoms. The number of carbonyl (C=O) groups excluding carboxylic acids is 2. The summed E-state index contributed by atoms with van der Waals surface area (Å²) in [6.45, 7) is 3.42. The number of rotatable bonds is 16. The van der Waals surface area contributed by atoms with Gasteiger partial charge < -0.3 is 29.2 Å². The Balaban J connectivity index is 2.20. The maximum atomic E-state index is 14.4. The van der Waals surface area contributed by atoms with Crippen molar-refractivity contribution in [2.24, 2.45) is 0 Å². The summed E-state index contributed by atoms with van der Waals surface area (Å²) < 4.78 is 51.3. The number of sulfonamides is 1. The molecule has 244 valence electrons. The van der Waals surface area contributed by atoms with Crippen LogP contribution >= 0.6 is 11.6 Å². The molecule has 3 aromatic rings. The number of anilines is 1. The van der Waals surface area contributed by atoms with Gasteiger partial charge in [-0.3, -0.25) is 13.9 Å². The highest BCUT2D eigenvalue weighted by atomic mass is 35.5. The zero-order valence-electron chi connectivity index (χ0n) is 26.3. The average molecular weight is 662 g/mol. The fourth-order valence-electron chi connectivity index (χ4n) is 4.70. The molecule has 0 unspecified atom stereocenters. The lowest BCUT2D eigenvalue weighted by molar-refractivity contribution is -0.140. The Morgan fingerprint density at radius 1 is 0.867 bits per heavy atom. The summed E-state index contributed by atoms with van der Waals surface area (Å²) in [4.78, 5) is 28.9. The number of hydrogen-bond acceptors (Lipinski definition) is 8. The van der Waals surface area contributed by atoms with Crippen LogP contribution in [0.25, 0.3) is 0 Å². The van der Waals surface area contributed by atoms with Crippen LogP contribution in [0.3, 0.4) is 0 Å². The van der Waals surface area contributed by atoms with Crippen molar-refractivity contribution >= 4 is 39.1 Å². The van der Waals surface area contributed by atoms with E-state index in [-0.39, 0.29) is 41.0 Å². The Labute approximate surface area is 270 Å². The maximum Gasteiger partial charge on any atom is 0.265 e. The molecule has 0 aliphatic heterocycles. The Bertz CT molecular complexity index is 1580. The van der Waals surface area contributed by atoms with Gasteiger partial charge in [0.1, 0.15) is 24.1 Å². The average Bonchev–Trinajstić information content (AvgIpc) is 3.05. The molecule has 0 spiro atoms. The van der Waals surface area contributed by atoms with E-state index in [0.29, 0.717) is 35.1 Å². The molecule has 2 amide bonds. The zero-order valence-corrected chi connectivity index (χ0v) is 27.9. The second kappa shape index (κ2) is 16.2. The lowest BCUT2D eigenvalue weighted by atomic mass is 10.1. The van der Waals surface area contributed by atoms with Crippen LogP contribution in [-0.2, 0) is 26.2 Å². The number of nitrogens with zero attached hydrogens (tertiary/aromatic N) is 2. The third-order valence-electron chi connectivity index (χ3n) is 7.11. The first-order valence-electron chi connectivity index (χ1n) is 14.3. The van der Waals surface area contributed by atoms with Gasteiger partial charge in [-0.2, -0.15) is 0 Å². The van der Waals surface area contributed by atoms with Gasteiger partial charge in [0, 0.05) is 30.2 Å². The van der Waals surface area contributed by atoms with Crippen molar-refractivity contribution in [3.63, 3.8) is 0 Å². The highest BCUT2D eigenvalue weighted by molar-refractivity contribution is 7.92. The summed E-state index contributed by atoms with van der Waals surface area (Å²) in [5.74, 6) is 0.0340. The highest BCUT2D eigenvalue weighted by Crippen LogP contribution is 2.38. The predicted octanol–water partition coefficient (Wildman–Crippen LogP) is 4.90. The molecular formula is C32H40ClN3O8S. The van der Waals surface area contributed by atoms with Gasteiger partial charge >= 0.3 is 0 Å². The summed E-state index contributed by atoms with van der Waals surface area (Å²) in [7, 11) is 1.20. The predicted molar refractivity (Wildman–Crippen MR) is 173 cm³/mol. The van der Waals surface area contributed by atoms with Crippen LogP contribution in [0, 0.1) is 0 Å². The molecule has 0 aliphatic carbocycles. The Morgan fingerprint density at radius 3 is 2.13 bits per heavy atom. The molecule has 0 radical (unpaired) electrons. The van der Waals surface area contributed by atoms with E-state index < -0.39 is 28.5 Å². The SMILES string of the molecule is CCCNC(=O)[C@@H](CC)N(Cc1ccccc1Cl)C(=O)CN(c1cc(OC)ccc1OC)S(=O)(=O)c1ccc(OC)c(OC)c1. The van der Waals surface area contributed by atoms with Gasteiger partial charge in [0.2, 0.25) is 11.8 Å². The molecule has 0 heterocycles. The molecule has 0 saturated carbocycles. The first kappa shape index (κ1) is 35.3. The van der Waals surface area contributed by atoms with E-state index in [1.807, 2.05) is 6.92 Å². The van der Waals surface area contributed by atoms with Crippen LogP contribution in [0.15, 0.2) is 65.6 Å². The molecule has 1 atom stereocenters. The van der Waals surface area contributed by atoms with E-state index in [4.69, 9.17) is 30.5 Å². The largest absolute Gasteiger partial charge is 0.497 e. The first-order valence-corrected chi connectivity index (χ1v) is 16.1. The monoisotopic (exact) mass is 661 g/mol. The molecule has 1 N–H and O–H groups in total. The first-order chi connectivity index (χ1) is 21.6. The van der Waals surface area contributed by atoms with E-state index in [2.05, 4.69) is 5.32 Å². The summed E-state index contributed by atoms with van der Waals surface area (Å²) in [5.41, 5.74) is 0.656. The quantitative estimate of drug-likeness (QED) is 0.230. The molecule has 0 bridgehead atoms. The molecule has 0 aromatic heterocycles. The topological polar surface area (TPSA) is 124 Å². The smallest absolute Gasteiger partial charge is 0.265 e. The van der Waals surface area contributed by atoms with Crippen LogP contribution in [0.2, 0.25) is 5.02 Å². The van der Waals surface area contributed by atoms with E-state index in [9.17, 15) is 18.0 Å². The number of hydrogen-bond donors (Lipinski definition) is 1. The van der Waals surface area contributed by atoms with E-state index in [1.165, 1.54) is 57.6 Å². The molecule has 0 aliphatic rings. The number of methoxy groups -OCH3 is 4. The molecule has 0 fully saturated rings. The minimum atomic E-state index is -4.46. The summed E-state index contributed by atoms with van der Waals surface area (Å²) >= 11 is 6.47. The molecule has 45 heavy (non-hydrogen) atoms. The van der Waals surface area contributed by atoms with Crippen LogP contribution in [0.1, 0.15) is 32.3 Å². The second-order valence-electron chi connectivity index (χ2n) is 9.89. The lowest BCUT2D eigenvalue weighted by Crippen LogP contribution is -2.52. The van der Waals surface area contributed by atoms with Crippen LogP contribution in [0.4, 0.5) is 5.69 Å². The normalized spacial score (nSPS) is 11.7. The Hall–Kier alpha value is -4.16. The second-order valence-corrected chi connectivity index (χ2v) is 12.2. The summed E-state index contributed by atoms with van der Waals surface area (Å²) in [5, 5.41) is 3.26. The fourth-order valence-corrected chi connectivity index (χ4v) is 6.33. The van der Waals surface area contributed by atoms with Gasteiger partial charge in [-0.05, 0) is 48.7 Å². The summed E-state index contributed by atoms with van der Waals surface area (Å²) in [6, 6.07) is 14.8. The Kier molecular flexibility index (Phi) is 12.7. The number of nitrogens with one attached hydrogen (secondary N) is 1. The molecule has 3 aromatic carbocycles. The minimum absolute atomic E-state index is 0.0317. The highest BCUT2D eigenvalue weighted by Gasteiger charge is 2.35. The summed E-state index contributed by atoms with van der Waals surface area (Å²) in [6.07, 6.45) is 0.976. The van der Waals surface area contributed by atoms with Gasteiger partial charge in [-0.25, -0.2) is 8.42 Å². The van der Waals surface area contributed by atoms with Crippen molar-refractivity contribution < 1.29 is 37.0 Å². The Morgan fingerprint density at radius 2 is 1.53 bits per heavy atom. The molecule has 3 rings (SSSR count). The number of carbonyl (C=O) groups is 2. The van der Waals surface area contributed by atoms with Crippen LogP contribution in [-0.4, -0.2) is 72.7 Å². The van der Waals surface area contributed by atoms with Crippen molar-refractivity contribution in [1.29, 1.82) is 0 Å². The molecule has 0 saturated heterocycles. The number of ether oxygens (including phenoxy) is 4. The van der Waals surface area contributed by atoms with Gasteiger partial charge in [0.15, 0.2) is 11.5 Å². The van der Waals surface area contributed by atoms with E-state index in [0.717, 1.165) is 4.31 Å². The van der Waals surface area contributed by atoms with Crippen LogP contribution in [0.5, 0.6) is 23.0 Å². The lowest BCUT2D eigenvalue weighted by Gasteiger charge is -2.33. The maximum absolute atomic E-state index is 14.4. The number of amides is 2. The van der Waals surface area contributed by atoms with Crippen molar-refractivity contribution in [3.05, 3.63) is 71.2 Å². The minimum Gasteiger partial charge on any atom is -0.497 e. The zero-order chi connectivity index (χ0) is 33.1.